The van der Waals surface area contributed by atoms with E-state index in [9.17, 15) is 19.5 Å². The van der Waals surface area contributed by atoms with E-state index in [0.29, 0.717) is 24.0 Å². The van der Waals surface area contributed by atoms with Gasteiger partial charge in [0.15, 0.2) is 6.61 Å². The molecule has 1 saturated carbocycles. The molecule has 0 heterocycles. The van der Waals surface area contributed by atoms with E-state index in [1.54, 1.807) is 14.1 Å². The molecule has 2 aliphatic rings. The Bertz CT molecular complexity index is 931. The van der Waals surface area contributed by atoms with Crippen LogP contribution in [0.5, 0.6) is 5.75 Å². The van der Waals surface area contributed by atoms with Crippen molar-refractivity contribution < 1.29 is 34.1 Å². The van der Waals surface area contributed by atoms with Gasteiger partial charge < -0.3 is 24.6 Å². The van der Waals surface area contributed by atoms with Crippen molar-refractivity contribution in [3.8, 4) is 5.75 Å². The number of aliphatic hydroxyl groups is 1. The van der Waals surface area contributed by atoms with Gasteiger partial charge in [0.1, 0.15) is 11.9 Å². The van der Waals surface area contributed by atoms with Crippen LogP contribution in [0.4, 0.5) is 0 Å². The molecule has 8 heteroatoms. The molecule has 1 aromatic rings. The van der Waals surface area contributed by atoms with Gasteiger partial charge in [0.25, 0.3) is 0 Å². The molecular weight excluding hydrogens is 474 g/mol. The monoisotopic (exact) mass is 517 g/mol. The molecule has 0 saturated heterocycles. The average Bonchev–Trinajstić information content (AvgIpc) is 3.16. The van der Waals surface area contributed by atoms with E-state index in [0.717, 1.165) is 56.9 Å². The van der Waals surface area contributed by atoms with E-state index >= 15 is 0 Å². The Hall–Kier alpha value is -2.61. The van der Waals surface area contributed by atoms with Gasteiger partial charge in [-0.3, -0.25) is 9.59 Å². The second kappa shape index (κ2) is 13.8. The molecular formula is C29H43NO7. The number of carboxylic acid groups (broad SMARTS) is 1. The summed E-state index contributed by atoms with van der Waals surface area (Å²) >= 11 is 0. The molecule has 3 rings (SSSR count). The second-order valence-corrected chi connectivity index (χ2v) is 10.8. The second-order valence-electron chi connectivity index (χ2n) is 10.8. The van der Waals surface area contributed by atoms with Gasteiger partial charge in [-0.25, -0.2) is 4.79 Å². The summed E-state index contributed by atoms with van der Waals surface area (Å²) in [5.74, 6) is -0.00427. The summed E-state index contributed by atoms with van der Waals surface area (Å²) < 4.78 is 11.4. The molecule has 0 unspecified atom stereocenters. The van der Waals surface area contributed by atoms with E-state index in [-0.39, 0.29) is 43.3 Å². The Balaban J connectivity index is 1.61. The van der Waals surface area contributed by atoms with E-state index in [4.69, 9.17) is 14.6 Å². The van der Waals surface area contributed by atoms with Gasteiger partial charge in [-0.1, -0.05) is 31.9 Å². The van der Waals surface area contributed by atoms with Crippen molar-refractivity contribution in [2.24, 2.45) is 17.8 Å². The number of rotatable bonds is 14. The number of benzene rings is 1. The Labute approximate surface area is 220 Å². The summed E-state index contributed by atoms with van der Waals surface area (Å²) in [5, 5.41) is 20.0. The van der Waals surface area contributed by atoms with Crippen molar-refractivity contribution >= 4 is 17.8 Å². The number of fused-ring (bicyclic) bond motifs is 2. The van der Waals surface area contributed by atoms with Crippen LogP contribution in [0.15, 0.2) is 18.2 Å². The summed E-state index contributed by atoms with van der Waals surface area (Å²) in [7, 11) is 3.35. The van der Waals surface area contributed by atoms with Crippen molar-refractivity contribution in [2.45, 2.75) is 89.8 Å². The number of carbonyl (C=O) groups excluding carboxylic acids is 2. The number of amides is 1. The van der Waals surface area contributed by atoms with E-state index in [1.165, 1.54) is 10.5 Å². The Morgan fingerprint density at radius 1 is 1.11 bits per heavy atom. The zero-order valence-electron chi connectivity index (χ0n) is 22.5. The molecule has 5 atom stereocenters. The maximum Gasteiger partial charge on any atom is 0.341 e. The molecule has 1 fully saturated rings. The molecule has 0 aliphatic heterocycles. The van der Waals surface area contributed by atoms with Gasteiger partial charge in [-0.15, -0.1) is 0 Å². The highest BCUT2D eigenvalue weighted by Gasteiger charge is 2.45. The molecule has 0 aromatic heterocycles. The molecule has 2 N–H and O–H groups in total. The molecule has 37 heavy (non-hydrogen) atoms. The van der Waals surface area contributed by atoms with Crippen molar-refractivity contribution in [2.75, 3.05) is 20.7 Å². The number of hydrogen-bond donors (Lipinski definition) is 2. The first-order valence-electron chi connectivity index (χ1n) is 13.7. The minimum Gasteiger partial charge on any atom is -0.482 e. The zero-order chi connectivity index (χ0) is 26.9. The van der Waals surface area contributed by atoms with Gasteiger partial charge in [-0.05, 0) is 79.9 Å². The molecule has 0 spiro atoms. The fourth-order valence-electron chi connectivity index (χ4n) is 6.02. The SMILES string of the molecule is CCCCC[C@@H](CC[C@@H]1[C@H]2Cc3cccc(OCC(=O)O)c3C[C@H]2C[C@H]1O)OC(=O)CCC(=O)N(C)C. The number of aliphatic carboxylic acids is 1. The summed E-state index contributed by atoms with van der Waals surface area (Å²) in [6.07, 6.45) is 7.38. The maximum absolute atomic E-state index is 12.5. The van der Waals surface area contributed by atoms with E-state index in [1.807, 2.05) is 12.1 Å². The standard InChI is InChI=1S/C29H43NO7/c1-4-5-6-9-21(37-29(35)14-13-27(32)30(2)3)11-12-22-23-15-19-8-7-10-26(36-18-28(33)34)24(19)16-20(23)17-25(22)31/h7-8,10,20-23,25,31H,4-6,9,11-18H2,1-3H3,(H,33,34)/t20-,21-,22+,23-,25+/m0/s1. The normalized spacial score (nSPS) is 23.0. The Morgan fingerprint density at radius 3 is 2.59 bits per heavy atom. The van der Waals surface area contributed by atoms with Crippen LogP contribution in [-0.2, 0) is 32.0 Å². The van der Waals surface area contributed by atoms with E-state index < -0.39 is 12.1 Å². The van der Waals surface area contributed by atoms with Crippen LogP contribution in [0.2, 0.25) is 0 Å². The lowest BCUT2D eigenvalue weighted by atomic mass is 9.73. The average molecular weight is 518 g/mol. The minimum absolute atomic E-state index is 0.0844. The molecule has 0 bridgehead atoms. The largest absolute Gasteiger partial charge is 0.482 e. The number of hydrogen-bond acceptors (Lipinski definition) is 6. The topological polar surface area (TPSA) is 113 Å². The van der Waals surface area contributed by atoms with Gasteiger partial charge in [-0.2, -0.15) is 0 Å². The van der Waals surface area contributed by atoms with Gasteiger partial charge in [0, 0.05) is 20.5 Å². The summed E-state index contributed by atoms with van der Waals surface area (Å²) in [4.78, 5) is 36.8. The van der Waals surface area contributed by atoms with Crippen molar-refractivity contribution in [1.82, 2.24) is 4.90 Å². The summed E-state index contributed by atoms with van der Waals surface area (Å²) in [6, 6.07) is 5.80. The molecule has 206 valence electrons. The van der Waals surface area contributed by atoms with E-state index in [2.05, 4.69) is 13.0 Å². The number of aliphatic hydroxyl groups excluding tert-OH is 1. The smallest absolute Gasteiger partial charge is 0.341 e. The number of carboxylic acids is 1. The van der Waals surface area contributed by atoms with Crippen molar-refractivity contribution in [3.63, 3.8) is 0 Å². The predicted molar refractivity (Wildman–Crippen MR) is 139 cm³/mol. The number of carbonyl (C=O) groups is 3. The third-order valence-electron chi connectivity index (χ3n) is 7.99. The van der Waals surface area contributed by atoms with Gasteiger partial charge >= 0.3 is 11.9 Å². The highest BCUT2D eigenvalue weighted by Crippen LogP contribution is 2.48. The highest BCUT2D eigenvalue weighted by molar-refractivity contribution is 5.81. The number of esters is 1. The first kappa shape index (κ1) is 29.0. The quantitative estimate of drug-likeness (QED) is 0.283. The third-order valence-corrected chi connectivity index (χ3v) is 7.99. The Kier molecular flexibility index (Phi) is 10.8. The van der Waals surface area contributed by atoms with Crippen LogP contribution in [0.3, 0.4) is 0 Å². The third kappa shape index (κ3) is 8.19. The van der Waals surface area contributed by atoms with Crippen LogP contribution in [0, 0.1) is 17.8 Å². The summed E-state index contributed by atoms with van der Waals surface area (Å²) in [6.45, 7) is 1.78. The molecule has 1 amide bonds. The number of unbranched alkanes of at least 4 members (excludes halogenated alkanes) is 2. The summed E-state index contributed by atoms with van der Waals surface area (Å²) in [5.41, 5.74) is 2.23. The zero-order valence-corrected chi connectivity index (χ0v) is 22.5. The van der Waals surface area contributed by atoms with Crippen LogP contribution >= 0.6 is 0 Å². The lowest BCUT2D eigenvalue weighted by Crippen LogP contribution is -2.29. The lowest BCUT2D eigenvalue weighted by Gasteiger charge is -2.32. The number of nitrogens with zero attached hydrogens (tertiary/aromatic N) is 1. The first-order valence-corrected chi connectivity index (χ1v) is 13.7. The maximum atomic E-state index is 12.5. The first-order chi connectivity index (χ1) is 17.7. The molecule has 0 radical (unpaired) electrons. The van der Waals surface area contributed by atoms with Crippen LogP contribution in [-0.4, -0.2) is 65.9 Å². The fraction of sp³-hybridized carbons (Fsp3) is 0.690. The van der Waals surface area contributed by atoms with Crippen molar-refractivity contribution in [3.05, 3.63) is 29.3 Å². The predicted octanol–water partition coefficient (Wildman–Crippen LogP) is 4.00. The minimum atomic E-state index is -0.999. The molecule has 2 aliphatic carbocycles. The molecule has 1 aromatic carbocycles. The Morgan fingerprint density at radius 2 is 1.89 bits per heavy atom. The van der Waals surface area contributed by atoms with Gasteiger partial charge in [0.2, 0.25) is 5.91 Å². The fourth-order valence-corrected chi connectivity index (χ4v) is 6.02. The van der Waals surface area contributed by atoms with Crippen LogP contribution in [0.25, 0.3) is 0 Å². The number of ether oxygens (including phenoxy) is 2. The lowest BCUT2D eigenvalue weighted by molar-refractivity contribution is -0.151. The van der Waals surface area contributed by atoms with Gasteiger partial charge in [0.05, 0.1) is 12.5 Å². The van der Waals surface area contributed by atoms with Crippen LogP contribution < -0.4 is 4.74 Å². The highest BCUT2D eigenvalue weighted by atomic mass is 16.5. The van der Waals surface area contributed by atoms with Crippen molar-refractivity contribution in [1.29, 1.82) is 0 Å². The molecule has 8 nitrogen and oxygen atoms in total. The van der Waals surface area contributed by atoms with Crippen LogP contribution in [0.1, 0.15) is 75.8 Å².